The fraction of sp³-hybridized carbons (Fsp3) is 1.00. The van der Waals surface area contributed by atoms with E-state index in [9.17, 15) is 114 Å². The second-order valence-corrected chi connectivity index (χ2v) is 12.3. The zero-order valence-electron chi connectivity index (χ0n) is 22.3. The molecule has 0 atom stereocenters. The molecule has 0 saturated heterocycles. The summed E-state index contributed by atoms with van der Waals surface area (Å²) in [5, 5.41) is 0. The van der Waals surface area contributed by atoms with Crippen LogP contribution < -0.4 is 0 Å². The maximum atomic E-state index is 13.7. The van der Waals surface area contributed by atoms with Crippen molar-refractivity contribution in [2.75, 3.05) is 11.5 Å². The summed E-state index contributed by atoms with van der Waals surface area (Å²) in [6.45, 7) is 0. The van der Waals surface area contributed by atoms with Gasteiger partial charge in [0.2, 0.25) is 0 Å². The molecular formula is C20H16F26S2. The van der Waals surface area contributed by atoms with Gasteiger partial charge in [-0.1, -0.05) is 21.6 Å². The molecule has 0 spiro atoms. The molecule has 0 unspecified atom stereocenters. The van der Waals surface area contributed by atoms with E-state index in [0.29, 0.717) is 21.6 Å². The highest BCUT2D eigenvalue weighted by Crippen LogP contribution is 2.62. The van der Waals surface area contributed by atoms with Gasteiger partial charge in [0.1, 0.15) is 0 Å². The number of unbranched alkanes of at least 4 members (excludes halogenated alkanes) is 2. The lowest BCUT2D eigenvalue weighted by atomic mass is 9.92. The SMILES string of the molecule is FC(F)(F)C(F)(F)C(F)(F)C(F)(F)C(F)(F)C(F)(F)CCCCSSCCCCC(F)(F)C(F)(F)C(F)(F)C(F)(F)C(F)(F)C(F)(F)F. The van der Waals surface area contributed by atoms with Crippen LogP contribution in [0.4, 0.5) is 114 Å². The molecule has 0 nitrogen and oxygen atoms in total. The lowest BCUT2D eigenvalue weighted by Gasteiger charge is -2.39. The largest absolute Gasteiger partial charge is 0.460 e. The maximum Gasteiger partial charge on any atom is 0.460 e. The van der Waals surface area contributed by atoms with E-state index in [1.54, 1.807) is 0 Å². The summed E-state index contributed by atoms with van der Waals surface area (Å²) in [5.74, 6) is -76.6. The van der Waals surface area contributed by atoms with Crippen LogP contribution in [0, 0.1) is 0 Å². The van der Waals surface area contributed by atoms with Gasteiger partial charge in [-0.3, -0.25) is 0 Å². The number of hydrogen-bond acceptors (Lipinski definition) is 2. The zero-order valence-corrected chi connectivity index (χ0v) is 23.9. The summed E-state index contributed by atoms with van der Waals surface area (Å²) in [6.07, 6.45) is -24.4. The third-order valence-electron chi connectivity index (χ3n) is 6.02. The molecule has 0 saturated carbocycles. The van der Waals surface area contributed by atoms with Crippen molar-refractivity contribution in [3.8, 4) is 0 Å². The average molecular weight is 814 g/mol. The minimum absolute atomic E-state index is 0.451. The van der Waals surface area contributed by atoms with Crippen LogP contribution in [0.3, 0.4) is 0 Å². The summed E-state index contributed by atoms with van der Waals surface area (Å²) in [4.78, 5) is 0. The molecular weight excluding hydrogens is 798 g/mol. The van der Waals surface area contributed by atoms with Crippen LogP contribution in [-0.4, -0.2) is 83.1 Å². The molecule has 0 rings (SSSR count). The Labute approximate surface area is 258 Å². The second kappa shape index (κ2) is 14.1. The molecule has 0 aromatic rings. The summed E-state index contributed by atoms with van der Waals surface area (Å²) in [6, 6.07) is 0. The van der Waals surface area contributed by atoms with Crippen LogP contribution in [0.15, 0.2) is 0 Å². The third-order valence-corrected chi connectivity index (χ3v) is 8.59. The Morgan fingerprint density at radius 2 is 0.458 bits per heavy atom. The van der Waals surface area contributed by atoms with Gasteiger partial charge in [0.25, 0.3) is 0 Å². The maximum absolute atomic E-state index is 13.7. The first-order valence-electron chi connectivity index (χ1n) is 11.9. The number of halogens is 26. The van der Waals surface area contributed by atoms with Crippen molar-refractivity contribution < 1.29 is 114 Å². The van der Waals surface area contributed by atoms with Crippen molar-refractivity contribution in [3.05, 3.63) is 0 Å². The molecule has 0 radical (unpaired) electrons. The first-order valence-corrected chi connectivity index (χ1v) is 14.4. The highest BCUT2D eigenvalue weighted by Gasteiger charge is 2.91. The number of alkyl halides is 26. The lowest BCUT2D eigenvalue weighted by Crippen LogP contribution is -2.70. The normalized spacial score (nSPS) is 16.1. The van der Waals surface area contributed by atoms with Crippen molar-refractivity contribution in [1.29, 1.82) is 0 Å². The van der Waals surface area contributed by atoms with Crippen LogP contribution in [0.2, 0.25) is 0 Å². The van der Waals surface area contributed by atoms with Crippen LogP contribution in [-0.2, 0) is 0 Å². The van der Waals surface area contributed by atoms with E-state index in [1.807, 2.05) is 0 Å². The molecule has 48 heavy (non-hydrogen) atoms. The van der Waals surface area contributed by atoms with Crippen molar-refractivity contribution in [2.45, 2.75) is 110 Å². The third kappa shape index (κ3) is 8.01. The van der Waals surface area contributed by atoms with Crippen molar-refractivity contribution in [3.63, 3.8) is 0 Å². The molecule has 290 valence electrons. The lowest BCUT2D eigenvalue weighted by molar-refractivity contribution is -0.440. The molecule has 0 aliphatic carbocycles. The van der Waals surface area contributed by atoms with E-state index in [1.165, 1.54) is 0 Å². The van der Waals surface area contributed by atoms with Crippen LogP contribution in [0.1, 0.15) is 38.5 Å². The fourth-order valence-corrected chi connectivity index (χ4v) is 5.35. The molecule has 0 aromatic heterocycles. The molecule has 0 aromatic carbocycles. The standard InChI is InChI=1S/C20H16F26S2/c21-9(22,11(25,26)13(29,30)15(33,34)17(37,38)19(41,42)43)5-1-3-7-47-48-8-4-2-6-10(23,24)12(27,28)14(31,32)16(35,36)18(39,40)20(44,45)46/h1-8H2. The van der Waals surface area contributed by atoms with E-state index in [4.69, 9.17) is 0 Å². The predicted molar refractivity (Wildman–Crippen MR) is 114 cm³/mol. The molecule has 0 N–H and O–H groups in total. The van der Waals surface area contributed by atoms with Crippen molar-refractivity contribution in [2.24, 2.45) is 0 Å². The predicted octanol–water partition coefficient (Wildman–Crippen LogP) is 12.2. The Bertz CT molecular complexity index is 959. The van der Waals surface area contributed by atoms with Crippen molar-refractivity contribution in [1.82, 2.24) is 0 Å². The average Bonchev–Trinajstić information content (AvgIpc) is 2.87. The molecule has 0 fully saturated rings. The van der Waals surface area contributed by atoms with Gasteiger partial charge in [-0.2, -0.15) is 114 Å². The molecule has 0 bridgehead atoms. The fourth-order valence-electron chi connectivity index (χ4n) is 3.05. The monoisotopic (exact) mass is 814 g/mol. The Morgan fingerprint density at radius 3 is 0.667 bits per heavy atom. The van der Waals surface area contributed by atoms with E-state index in [2.05, 4.69) is 0 Å². The van der Waals surface area contributed by atoms with Crippen LogP contribution >= 0.6 is 21.6 Å². The zero-order chi connectivity index (χ0) is 39.1. The van der Waals surface area contributed by atoms with Gasteiger partial charge in [0.05, 0.1) is 0 Å². The molecule has 0 heterocycles. The van der Waals surface area contributed by atoms with Gasteiger partial charge >= 0.3 is 71.6 Å². The van der Waals surface area contributed by atoms with Gasteiger partial charge in [0, 0.05) is 24.3 Å². The summed E-state index contributed by atoms with van der Waals surface area (Å²) >= 11 is 0. The molecule has 28 heteroatoms. The van der Waals surface area contributed by atoms with Crippen LogP contribution in [0.25, 0.3) is 0 Å². The van der Waals surface area contributed by atoms with Gasteiger partial charge in [-0.15, -0.1) is 0 Å². The summed E-state index contributed by atoms with van der Waals surface area (Å²) in [5.41, 5.74) is 0. The highest BCUT2D eigenvalue weighted by molar-refractivity contribution is 8.76. The highest BCUT2D eigenvalue weighted by atomic mass is 33.1. The Hall–Kier alpha value is -1.12. The number of hydrogen-bond donors (Lipinski definition) is 0. The van der Waals surface area contributed by atoms with Gasteiger partial charge in [-0.05, 0) is 25.7 Å². The first-order chi connectivity index (χ1) is 20.7. The first kappa shape index (κ1) is 46.9. The van der Waals surface area contributed by atoms with Gasteiger partial charge in [0.15, 0.2) is 0 Å². The van der Waals surface area contributed by atoms with Crippen LogP contribution in [0.5, 0.6) is 0 Å². The summed E-state index contributed by atoms with van der Waals surface area (Å²) < 4.78 is 339. The van der Waals surface area contributed by atoms with Crippen molar-refractivity contribution >= 4 is 21.6 Å². The van der Waals surface area contributed by atoms with E-state index < -0.39 is 122 Å². The number of rotatable bonds is 19. The minimum atomic E-state index is -8.08. The quantitative estimate of drug-likeness (QED) is 0.0724. The Balaban J connectivity index is 5.04. The minimum Gasteiger partial charge on any atom is -0.200 e. The van der Waals surface area contributed by atoms with E-state index in [-0.39, 0.29) is 0 Å². The molecule has 0 aliphatic rings. The molecule has 0 amide bonds. The topological polar surface area (TPSA) is 0 Å². The van der Waals surface area contributed by atoms with E-state index >= 15 is 0 Å². The van der Waals surface area contributed by atoms with Gasteiger partial charge in [-0.25, -0.2) is 0 Å². The second-order valence-electron chi connectivity index (χ2n) is 9.56. The van der Waals surface area contributed by atoms with E-state index in [0.717, 1.165) is 0 Å². The molecule has 0 aliphatic heterocycles. The Kier molecular flexibility index (Phi) is 13.8. The smallest absolute Gasteiger partial charge is 0.200 e. The Morgan fingerprint density at radius 1 is 0.250 bits per heavy atom. The van der Waals surface area contributed by atoms with Gasteiger partial charge < -0.3 is 0 Å². The summed E-state index contributed by atoms with van der Waals surface area (Å²) in [7, 11) is 0.901.